The second-order valence-corrected chi connectivity index (χ2v) is 3.32. The van der Waals surface area contributed by atoms with E-state index in [9.17, 15) is 0 Å². The van der Waals surface area contributed by atoms with Crippen LogP contribution in [0.5, 0.6) is 0 Å². The molecule has 1 aliphatic carbocycles. The summed E-state index contributed by atoms with van der Waals surface area (Å²) in [5.41, 5.74) is 14.0. The van der Waals surface area contributed by atoms with E-state index in [4.69, 9.17) is 11.3 Å². The van der Waals surface area contributed by atoms with Crippen molar-refractivity contribution in [2.24, 2.45) is 16.8 Å². The average molecular weight is 191 g/mol. The summed E-state index contributed by atoms with van der Waals surface area (Å²) in [5, 5.41) is 3.72. The van der Waals surface area contributed by atoms with Crippen LogP contribution in [0.2, 0.25) is 0 Å². The van der Waals surface area contributed by atoms with Gasteiger partial charge in [-0.3, -0.25) is 0 Å². The van der Waals surface area contributed by atoms with Crippen molar-refractivity contribution < 1.29 is 0 Å². The number of azide groups is 1. The summed E-state index contributed by atoms with van der Waals surface area (Å²) < 4.78 is 0. The zero-order chi connectivity index (χ0) is 8.27. The second kappa shape index (κ2) is 5.25. The monoisotopic (exact) mass is 190 g/mol. The van der Waals surface area contributed by atoms with Crippen LogP contribution in [0.15, 0.2) is 5.11 Å². The van der Waals surface area contributed by atoms with Crippen molar-refractivity contribution >= 4 is 12.4 Å². The highest BCUT2D eigenvalue weighted by Crippen LogP contribution is 2.25. The Morgan fingerprint density at radius 1 is 1.50 bits per heavy atom. The lowest BCUT2D eigenvalue weighted by atomic mass is 9.84. The zero-order valence-corrected chi connectivity index (χ0v) is 8.00. The van der Waals surface area contributed by atoms with Gasteiger partial charge in [-0.1, -0.05) is 12.0 Å². The van der Waals surface area contributed by atoms with Gasteiger partial charge in [0, 0.05) is 17.0 Å². The van der Waals surface area contributed by atoms with Gasteiger partial charge >= 0.3 is 0 Å². The van der Waals surface area contributed by atoms with Crippen LogP contribution in [-0.4, -0.2) is 12.1 Å². The first-order valence-corrected chi connectivity index (χ1v) is 4.04. The van der Waals surface area contributed by atoms with Crippen LogP contribution in [-0.2, 0) is 0 Å². The molecule has 0 aromatic carbocycles. The van der Waals surface area contributed by atoms with Gasteiger partial charge in [-0.2, -0.15) is 0 Å². The van der Waals surface area contributed by atoms with E-state index in [-0.39, 0.29) is 18.4 Å². The van der Waals surface area contributed by atoms with Gasteiger partial charge in [0.1, 0.15) is 0 Å². The van der Waals surface area contributed by atoms with Gasteiger partial charge < -0.3 is 5.73 Å². The van der Waals surface area contributed by atoms with Crippen LogP contribution in [0.25, 0.3) is 10.4 Å². The molecule has 0 saturated heterocycles. The topological polar surface area (TPSA) is 74.8 Å². The maximum atomic E-state index is 8.23. The highest BCUT2D eigenvalue weighted by atomic mass is 35.5. The van der Waals surface area contributed by atoms with Crippen molar-refractivity contribution in [3.05, 3.63) is 10.4 Å². The van der Waals surface area contributed by atoms with Gasteiger partial charge in [0.2, 0.25) is 0 Å². The minimum atomic E-state index is 0. The molecular formula is C7H15ClN4. The quantitative estimate of drug-likeness (QED) is 0.384. The smallest absolute Gasteiger partial charge is 0.0400 e. The molecule has 0 heterocycles. The van der Waals surface area contributed by atoms with Gasteiger partial charge in [0.15, 0.2) is 0 Å². The van der Waals surface area contributed by atoms with E-state index in [1.807, 2.05) is 0 Å². The van der Waals surface area contributed by atoms with E-state index >= 15 is 0 Å². The fraction of sp³-hybridized carbons (Fsp3) is 1.00. The first-order valence-electron chi connectivity index (χ1n) is 4.04. The van der Waals surface area contributed by atoms with Crippen LogP contribution in [0.4, 0.5) is 0 Å². The molecule has 0 spiro atoms. The van der Waals surface area contributed by atoms with E-state index < -0.39 is 0 Å². The Morgan fingerprint density at radius 2 is 2.17 bits per heavy atom. The molecule has 0 radical (unpaired) electrons. The molecule has 1 fully saturated rings. The summed E-state index contributed by atoms with van der Waals surface area (Å²) in [5.74, 6) is 0.453. The van der Waals surface area contributed by atoms with Crippen LogP contribution in [0.3, 0.4) is 0 Å². The standard InChI is InChI=1S/C7H14N4.ClH/c1-5-4-6(8)2-3-7(5)10-11-9;/h5-7H,2-4,8H2,1H3;1H. The maximum absolute atomic E-state index is 8.23. The van der Waals surface area contributed by atoms with Crippen molar-refractivity contribution in [3.63, 3.8) is 0 Å². The van der Waals surface area contributed by atoms with Gasteiger partial charge in [0.05, 0.1) is 0 Å². The molecule has 0 aromatic heterocycles. The SMILES string of the molecule is CC1CC(N)CCC1N=[N+]=[N-].Cl. The number of hydrogen-bond acceptors (Lipinski definition) is 2. The largest absolute Gasteiger partial charge is 0.328 e. The molecular weight excluding hydrogens is 176 g/mol. The molecule has 5 heteroatoms. The maximum Gasteiger partial charge on any atom is 0.0400 e. The molecule has 3 atom stereocenters. The third-order valence-electron chi connectivity index (χ3n) is 2.36. The Bertz CT molecular complexity index is 178. The van der Waals surface area contributed by atoms with Crippen molar-refractivity contribution in [2.45, 2.75) is 38.3 Å². The fourth-order valence-electron chi connectivity index (χ4n) is 1.66. The van der Waals surface area contributed by atoms with Crippen molar-refractivity contribution in [1.29, 1.82) is 0 Å². The summed E-state index contributed by atoms with van der Waals surface area (Å²) in [4.78, 5) is 2.82. The first-order chi connectivity index (χ1) is 5.24. The second-order valence-electron chi connectivity index (χ2n) is 3.32. The van der Waals surface area contributed by atoms with E-state index in [0.29, 0.717) is 12.0 Å². The van der Waals surface area contributed by atoms with Crippen LogP contribution in [0.1, 0.15) is 26.2 Å². The lowest BCUT2D eigenvalue weighted by Gasteiger charge is -2.28. The summed E-state index contributed by atoms with van der Waals surface area (Å²) in [6.45, 7) is 2.10. The minimum absolute atomic E-state index is 0. The van der Waals surface area contributed by atoms with Crippen LogP contribution < -0.4 is 5.73 Å². The molecule has 70 valence electrons. The van der Waals surface area contributed by atoms with E-state index in [0.717, 1.165) is 19.3 Å². The lowest BCUT2D eigenvalue weighted by molar-refractivity contribution is 0.299. The molecule has 1 saturated carbocycles. The molecule has 0 aromatic rings. The fourth-order valence-corrected chi connectivity index (χ4v) is 1.66. The Hall–Kier alpha value is -0.440. The Balaban J connectivity index is 0.00000121. The summed E-state index contributed by atoms with van der Waals surface area (Å²) in [6, 6.07) is 0.495. The normalized spacial score (nSPS) is 34.7. The van der Waals surface area contributed by atoms with Crippen molar-refractivity contribution in [2.75, 3.05) is 0 Å². The average Bonchev–Trinajstić information content (AvgIpc) is 1.95. The molecule has 12 heavy (non-hydrogen) atoms. The molecule has 0 amide bonds. The van der Waals surface area contributed by atoms with Crippen LogP contribution >= 0.6 is 12.4 Å². The molecule has 1 rings (SSSR count). The predicted molar refractivity (Wildman–Crippen MR) is 51.2 cm³/mol. The molecule has 0 bridgehead atoms. The molecule has 0 aliphatic heterocycles. The first kappa shape index (κ1) is 11.6. The van der Waals surface area contributed by atoms with E-state index in [1.54, 1.807) is 0 Å². The minimum Gasteiger partial charge on any atom is -0.328 e. The van der Waals surface area contributed by atoms with Gasteiger partial charge in [-0.15, -0.1) is 12.4 Å². The Labute approximate surface area is 78.5 Å². The number of halogens is 1. The Morgan fingerprint density at radius 3 is 2.67 bits per heavy atom. The third kappa shape index (κ3) is 2.89. The lowest BCUT2D eigenvalue weighted by Crippen LogP contribution is -2.33. The van der Waals surface area contributed by atoms with Crippen molar-refractivity contribution in [1.82, 2.24) is 0 Å². The van der Waals surface area contributed by atoms with Gasteiger partial charge in [-0.25, -0.2) is 0 Å². The number of rotatable bonds is 1. The van der Waals surface area contributed by atoms with Crippen LogP contribution in [0, 0.1) is 5.92 Å². The molecule has 4 nitrogen and oxygen atoms in total. The zero-order valence-electron chi connectivity index (χ0n) is 7.18. The molecule has 1 aliphatic rings. The highest BCUT2D eigenvalue weighted by Gasteiger charge is 2.24. The predicted octanol–water partition coefficient (Wildman–Crippen LogP) is 2.23. The van der Waals surface area contributed by atoms with Gasteiger partial charge in [-0.05, 0) is 30.7 Å². The van der Waals surface area contributed by atoms with E-state index in [2.05, 4.69) is 16.9 Å². The summed E-state index contributed by atoms with van der Waals surface area (Å²) in [7, 11) is 0. The van der Waals surface area contributed by atoms with Gasteiger partial charge in [0.25, 0.3) is 0 Å². The highest BCUT2D eigenvalue weighted by molar-refractivity contribution is 5.85. The molecule has 2 N–H and O–H groups in total. The number of nitrogens with two attached hydrogens (primary N) is 1. The summed E-state index contributed by atoms with van der Waals surface area (Å²) in [6.07, 6.45) is 2.93. The Kier molecular flexibility index (Phi) is 5.06. The van der Waals surface area contributed by atoms with E-state index in [1.165, 1.54) is 0 Å². The third-order valence-corrected chi connectivity index (χ3v) is 2.36. The summed E-state index contributed by atoms with van der Waals surface area (Å²) >= 11 is 0. The molecule has 3 unspecified atom stereocenters. The van der Waals surface area contributed by atoms with Crippen molar-refractivity contribution in [3.8, 4) is 0 Å². The number of hydrogen-bond donors (Lipinski definition) is 1. The number of nitrogens with zero attached hydrogens (tertiary/aromatic N) is 3.